The zero-order valence-corrected chi connectivity index (χ0v) is 9.96. The molecule has 4 nitrogen and oxygen atoms in total. The van der Waals surface area contributed by atoms with Gasteiger partial charge in [0.25, 0.3) is 0 Å². The Labute approximate surface area is 91.1 Å². The normalized spacial score (nSPS) is 14.7. The Bertz CT molecular complexity index is 236. The summed E-state index contributed by atoms with van der Waals surface area (Å²) in [5.41, 5.74) is -1.14. The molecule has 0 aliphatic heterocycles. The Morgan fingerprint density at radius 1 is 1.27 bits per heavy atom. The summed E-state index contributed by atoms with van der Waals surface area (Å²) in [4.78, 5) is 22.7. The SMILES string of the molecule is CCC(CC)C(=O)NC(C)(CC)C(=O)O. The van der Waals surface area contributed by atoms with Crippen LogP contribution in [0.4, 0.5) is 0 Å². The van der Waals surface area contributed by atoms with E-state index in [1.165, 1.54) is 6.92 Å². The summed E-state index contributed by atoms with van der Waals surface area (Å²) in [6, 6.07) is 0. The Hall–Kier alpha value is -1.06. The predicted molar refractivity (Wildman–Crippen MR) is 58.5 cm³/mol. The average molecular weight is 215 g/mol. The van der Waals surface area contributed by atoms with Crippen LogP contribution >= 0.6 is 0 Å². The van der Waals surface area contributed by atoms with Crippen molar-refractivity contribution in [1.82, 2.24) is 5.32 Å². The second-order valence-corrected chi connectivity index (χ2v) is 3.99. The van der Waals surface area contributed by atoms with Gasteiger partial charge in [0.05, 0.1) is 0 Å². The third kappa shape index (κ3) is 3.53. The second-order valence-electron chi connectivity index (χ2n) is 3.99. The fraction of sp³-hybridized carbons (Fsp3) is 0.818. The zero-order chi connectivity index (χ0) is 12.1. The molecule has 4 heteroatoms. The number of hydrogen-bond acceptors (Lipinski definition) is 2. The molecule has 0 aliphatic rings. The van der Waals surface area contributed by atoms with Crippen LogP contribution in [0, 0.1) is 5.92 Å². The number of carboxylic acid groups (broad SMARTS) is 1. The summed E-state index contributed by atoms with van der Waals surface area (Å²) < 4.78 is 0. The minimum Gasteiger partial charge on any atom is -0.480 e. The molecule has 0 aliphatic carbocycles. The molecule has 1 amide bonds. The summed E-state index contributed by atoms with van der Waals surface area (Å²) in [6.07, 6.45) is 1.86. The molecule has 88 valence electrons. The van der Waals surface area contributed by atoms with Crippen molar-refractivity contribution < 1.29 is 14.7 Å². The van der Waals surface area contributed by atoms with E-state index in [1.807, 2.05) is 13.8 Å². The standard InChI is InChI=1S/C11H21NO3/c1-5-8(6-2)9(13)12-11(4,7-3)10(14)15/h8H,5-7H2,1-4H3,(H,12,13)(H,14,15). The molecule has 0 saturated carbocycles. The minimum atomic E-state index is -1.14. The molecule has 2 N–H and O–H groups in total. The molecule has 0 aromatic rings. The van der Waals surface area contributed by atoms with Crippen LogP contribution in [-0.2, 0) is 9.59 Å². The van der Waals surface area contributed by atoms with Crippen LogP contribution in [0.5, 0.6) is 0 Å². The van der Waals surface area contributed by atoms with E-state index in [2.05, 4.69) is 5.32 Å². The van der Waals surface area contributed by atoms with Gasteiger partial charge < -0.3 is 10.4 Å². The van der Waals surface area contributed by atoms with E-state index < -0.39 is 11.5 Å². The first kappa shape index (κ1) is 13.9. The summed E-state index contributed by atoms with van der Waals surface area (Å²) in [7, 11) is 0. The summed E-state index contributed by atoms with van der Waals surface area (Å²) in [6.45, 7) is 7.15. The van der Waals surface area contributed by atoms with Gasteiger partial charge in [0.2, 0.25) is 5.91 Å². The lowest BCUT2D eigenvalue weighted by molar-refractivity contribution is -0.147. The van der Waals surface area contributed by atoms with E-state index in [-0.39, 0.29) is 11.8 Å². The van der Waals surface area contributed by atoms with E-state index in [1.54, 1.807) is 6.92 Å². The van der Waals surface area contributed by atoms with Crippen molar-refractivity contribution in [2.75, 3.05) is 0 Å². The number of hydrogen-bond donors (Lipinski definition) is 2. The summed E-state index contributed by atoms with van der Waals surface area (Å²) in [5.74, 6) is -1.23. The molecule has 1 atom stereocenters. The highest BCUT2D eigenvalue weighted by Gasteiger charge is 2.34. The molecule has 0 bridgehead atoms. The van der Waals surface area contributed by atoms with E-state index in [0.717, 1.165) is 12.8 Å². The number of aliphatic carboxylic acids is 1. The number of carbonyl (C=O) groups is 2. The Morgan fingerprint density at radius 3 is 2.00 bits per heavy atom. The highest BCUT2D eigenvalue weighted by molar-refractivity contribution is 5.87. The molecule has 0 aromatic carbocycles. The van der Waals surface area contributed by atoms with E-state index in [0.29, 0.717) is 6.42 Å². The van der Waals surface area contributed by atoms with Gasteiger partial charge in [-0.3, -0.25) is 4.79 Å². The minimum absolute atomic E-state index is 0.0878. The molecule has 0 spiro atoms. The smallest absolute Gasteiger partial charge is 0.329 e. The van der Waals surface area contributed by atoms with Crippen molar-refractivity contribution in [1.29, 1.82) is 0 Å². The maximum atomic E-state index is 11.7. The Kier molecular flexibility index (Phi) is 5.33. The highest BCUT2D eigenvalue weighted by atomic mass is 16.4. The van der Waals surface area contributed by atoms with Gasteiger partial charge in [-0.2, -0.15) is 0 Å². The lowest BCUT2D eigenvalue weighted by atomic mass is 9.96. The van der Waals surface area contributed by atoms with E-state index >= 15 is 0 Å². The topological polar surface area (TPSA) is 66.4 Å². The zero-order valence-electron chi connectivity index (χ0n) is 9.96. The van der Waals surface area contributed by atoms with E-state index in [9.17, 15) is 9.59 Å². The maximum absolute atomic E-state index is 11.7. The van der Waals surface area contributed by atoms with Crippen LogP contribution in [0.15, 0.2) is 0 Å². The van der Waals surface area contributed by atoms with Crippen molar-refractivity contribution in [3.05, 3.63) is 0 Å². The van der Waals surface area contributed by atoms with Gasteiger partial charge in [-0.25, -0.2) is 4.79 Å². The first-order chi connectivity index (χ1) is 6.91. The van der Waals surface area contributed by atoms with Crippen LogP contribution in [0.25, 0.3) is 0 Å². The molecule has 0 rings (SSSR count). The van der Waals surface area contributed by atoms with Crippen molar-refractivity contribution in [2.45, 2.75) is 52.5 Å². The molecular formula is C11H21NO3. The highest BCUT2D eigenvalue weighted by Crippen LogP contribution is 2.13. The second kappa shape index (κ2) is 5.73. The van der Waals surface area contributed by atoms with Gasteiger partial charge in [0.15, 0.2) is 0 Å². The maximum Gasteiger partial charge on any atom is 0.329 e. The number of amides is 1. The predicted octanol–water partition coefficient (Wildman–Crippen LogP) is 1.79. The third-order valence-corrected chi connectivity index (χ3v) is 2.93. The third-order valence-electron chi connectivity index (χ3n) is 2.93. The number of carbonyl (C=O) groups excluding carboxylic acids is 1. The number of rotatable bonds is 6. The first-order valence-electron chi connectivity index (χ1n) is 5.46. The molecule has 0 radical (unpaired) electrons. The summed E-state index contributed by atoms with van der Waals surface area (Å²) in [5, 5.41) is 11.6. The fourth-order valence-electron chi connectivity index (χ4n) is 1.33. The van der Waals surface area contributed by atoms with Gasteiger partial charge in [-0.15, -0.1) is 0 Å². The molecule has 0 heterocycles. The van der Waals surface area contributed by atoms with Crippen molar-refractivity contribution in [2.24, 2.45) is 5.92 Å². The quantitative estimate of drug-likeness (QED) is 0.710. The number of nitrogens with one attached hydrogen (secondary N) is 1. The van der Waals surface area contributed by atoms with E-state index in [4.69, 9.17) is 5.11 Å². The average Bonchev–Trinajstić information content (AvgIpc) is 2.19. The van der Waals surface area contributed by atoms with Crippen LogP contribution < -0.4 is 5.32 Å². The largest absolute Gasteiger partial charge is 0.480 e. The van der Waals surface area contributed by atoms with Crippen LogP contribution in [0.3, 0.4) is 0 Å². The van der Waals surface area contributed by atoms with Crippen molar-refractivity contribution in [3.63, 3.8) is 0 Å². The van der Waals surface area contributed by atoms with Gasteiger partial charge in [-0.1, -0.05) is 20.8 Å². The van der Waals surface area contributed by atoms with Crippen molar-refractivity contribution >= 4 is 11.9 Å². The molecule has 0 saturated heterocycles. The first-order valence-corrected chi connectivity index (χ1v) is 5.46. The van der Waals surface area contributed by atoms with Crippen LogP contribution in [0.2, 0.25) is 0 Å². The molecule has 0 fully saturated rings. The molecule has 0 aromatic heterocycles. The van der Waals surface area contributed by atoms with Crippen LogP contribution in [0.1, 0.15) is 47.0 Å². The Balaban J connectivity index is 4.56. The Morgan fingerprint density at radius 2 is 1.73 bits per heavy atom. The lowest BCUT2D eigenvalue weighted by Crippen LogP contribution is -2.53. The van der Waals surface area contributed by atoms with Gasteiger partial charge in [0.1, 0.15) is 5.54 Å². The van der Waals surface area contributed by atoms with Crippen molar-refractivity contribution in [3.8, 4) is 0 Å². The monoisotopic (exact) mass is 215 g/mol. The lowest BCUT2D eigenvalue weighted by Gasteiger charge is -2.26. The van der Waals surface area contributed by atoms with Gasteiger partial charge in [-0.05, 0) is 26.2 Å². The summed E-state index contributed by atoms with van der Waals surface area (Å²) >= 11 is 0. The molecular weight excluding hydrogens is 194 g/mol. The van der Waals surface area contributed by atoms with Crippen LogP contribution in [-0.4, -0.2) is 22.5 Å². The molecule has 1 unspecified atom stereocenters. The van der Waals surface area contributed by atoms with Gasteiger partial charge in [0, 0.05) is 5.92 Å². The number of carboxylic acids is 1. The molecule has 15 heavy (non-hydrogen) atoms. The fourth-order valence-corrected chi connectivity index (χ4v) is 1.33. The van der Waals surface area contributed by atoms with Gasteiger partial charge >= 0.3 is 5.97 Å².